The van der Waals surface area contributed by atoms with Crippen LogP contribution >= 0.6 is 0 Å². The molecule has 0 aliphatic carbocycles. The number of imidazole rings is 1. The van der Waals surface area contributed by atoms with Gasteiger partial charge in [0.15, 0.2) is 0 Å². The Morgan fingerprint density at radius 2 is 1.88 bits per heavy atom. The zero-order valence-corrected chi connectivity index (χ0v) is 14.2. The number of ether oxygens (including phenoxy) is 2. The molecule has 2 aromatic rings. The molecule has 1 aliphatic heterocycles. The highest BCUT2D eigenvalue weighted by Crippen LogP contribution is 2.26. The Kier molecular flexibility index (Phi) is 4.59. The fourth-order valence-corrected chi connectivity index (χ4v) is 2.92. The van der Waals surface area contributed by atoms with Gasteiger partial charge in [-0.1, -0.05) is 0 Å². The Labute approximate surface area is 141 Å². The summed E-state index contributed by atoms with van der Waals surface area (Å²) in [6.07, 6.45) is 3.71. The van der Waals surface area contributed by atoms with E-state index in [2.05, 4.69) is 9.88 Å². The van der Waals surface area contributed by atoms with Crippen molar-refractivity contribution in [1.82, 2.24) is 14.5 Å². The van der Waals surface area contributed by atoms with Crippen LogP contribution in [0.15, 0.2) is 30.6 Å². The van der Waals surface area contributed by atoms with Crippen molar-refractivity contribution in [1.29, 1.82) is 0 Å². The third kappa shape index (κ3) is 3.02. The van der Waals surface area contributed by atoms with Crippen molar-refractivity contribution in [3.8, 4) is 11.5 Å². The van der Waals surface area contributed by atoms with Crippen molar-refractivity contribution in [3.63, 3.8) is 0 Å². The first kappa shape index (κ1) is 16.2. The summed E-state index contributed by atoms with van der Waals surface area (Å²) in [5, 5.41) is 0. The molecule has 0 bridgehead atoms. The average Bonchev–Trinajstić information content (AvgIpc) is 3.06. The lowest BCUT2D eigenvalue weighted by molar-refractivity contribution is 0.0742. The zero-order chi connectivity index (χ0) is 17.1. The standard InChI is InChI=1S/C17H22N4O3/c1-19-7-6-18-17(19)21-10-8-20(9-11-21)16(22)14-5-4-13(23-2)12-15(14)24-3/h4-7,12H,8-11H2,1-3H3. The molecule has 2 heterocycles. The van der Waals surface area contributed by atoms with Gasteiger partial charge in [0.2, 0.25) is 5.95 Å². The first-order chi connectivity index (χ1) is 11.6. The van der Waals surface area contributed by atoms with Crippen molar-refractivity contribution < 1.29 is 14.3 Å². The summed E-state index contributed by atoms with van der Waals surface area (Å²) in [6.45, 7) is 2.83. The molecular weight excluding hydrogens is 308 g/mol. The number of piperazine rings is 1. The highest BCUT2D eigenvalue weighted by atomic mass is 16.5. The van der Waals surface area contributed by atoms with E-state index in [9.17, 15) is 4.79 Å². The van der Waals surface area contributed by atoms with Crippen LogP contribution in [0.5, 0.6) is 11.5 Å². The number of rotatable bonds is 4. The Morgan fingerprint density at radius 3 is 2.46 bits per heavy atom. The number of nitrogens with zero attached hydrogens (tertiary/aromatic N) is 4. The minimum absolute atomic E-state index is 0.0195. The summed E-state index contributed by atoms with van der Waals surface area (Å²) in [4.78, 5) is 21.2. The second-order valence-electron chi connectivity index (χ2n) is 5.68. The summed E-state index contributed by atoms with van der Waals surface area (Å²) in [5.41, 5.74) is 0.559. The highest BCUT2D eigenvalue weighted by Gasteiger charge is 2.25. The molecule has 0 unspecified atom stereocenters. The maximum atomic E-state index is 12.8. The normalized spacial score (nSPS) is 14.6. The van der Waals surface area contributed by atoms with Crippen LogP contribution in [0.2, 0.25) is 0 Å². The third-order valence-electron chi connectivity index (χ3n) is 4.28. The molecule has 1 fully saturated rings. The van der Waals surface area contributed by atoms with E-state index in [0.29, 0.717) is 30.2 Å². The number of carbonyl (C=O) groups is 1. The lowest BCUT2D eigenvalue weighted by atomic mass is 10.1. The number of aryl methyl sites for hydroxylation is 1. The van der Waals surface area contributed by atoms with E-state index in [1.165, 1.54) is 0 Å². The zero-order valence-electron chi connectivity index (χ0n) is 14.2. The lowest BCUT2D eigenvalue weighted by Crippen LogP contribution is -2.49. The number of methoxy groups -OCH3 is 2. The minimum Gasteiger partial charge on any atom is -0.497 e. The van der Waals surface area contributed by atoms with Gasteiger partial charge in [-0.2, -0.15) is 0 Å². The molecule has 128 valence electrons. The molecule has 1 aromatic carbocycles. The number of carbonyl (C=O) groups excluding carboxylic acids is 1. The maximum absolute atomic E-state index is 12.8. The van der Waals surface area contributed by atoms with Crippen molar-refractivity contribution >= 4 is 11.9 Å². The predicted octanol–water partition coefficient (Wildman–Crippen LogP) is 1.40. The molecule has 0 radical (unpaired) electrons. The van der Waals surface area contributed by atoms with Crippen LogP contribution in [0.3, 0.4) is 0 Å². The van der Waals surface area contributed by atoms with Gasteiger partial charge in [0, 0.05) is 51.7 Å². The molecule has 24 heavy (non-hydrogen) atoms. The number of aromatic nitrogens is 2. The fraction of sp³-hybridized carbons (Fsp3) is 0.412. The van der Waals surface area contributed by atoms with Gasteiger partial charge in [-0.05, 0) is 12.1 Å². The van der Waals surface area contributed by atoms with E-state index < -0.39 is 0 Å². The Balaban J connectivity index is 1.70. The average molecular weight is 330 g/mol. The quantitative estimate of drug-likeness (QED) is 0.848. The van der Waals surface area contributed by atoms with Crippen LogP contribution < -0.4 is 14.4 Å². The van der Waals surface area contributed by atoms with Crippen LogP contribution in [0.1, 0.15) is 10.4 Å². The first-order valence-electron chi connectivity index (χ1n) is 7.87. The fourth-order valence-electron chi connectivity index (χ4n) is 2.92. The molecule has 0 spiro atoms. The second-order valence-corrected chi connectivity index (χ2v) is 5.68. The molecular formula is C17H22N4O3. The highest BCUT2D eigenvalue weighted by molar-refractivity contribution is 5.97. The van der Waals surface area contributed by atoms with Gasteiger partial charge < -0.3 is 23.8 Å². The molecule has 7 nitrogen and oxygen atoms in total. The predicted molar refractivity (Wildman–Crippen MR) is 90.9 cm³/mol. The third-order valence-corrected chi connectivity index (χ3v) is 4.28. The molecule has 0 saturated carbocycles. The van der Waals surface area contributed by atoms with E-state index in [4.69, 9.17) is 9.47 Å². The molecule has 1 amide bonds. The SMILES string of the molecule is COc1ccc(C(=O)N2CCN(c3nccn3C)CC2)c(OC)c1. The Morgan fingerprint density at radius 1 is 1.12 bits per heavy atom. The van der Waals surface area contributed by atoms with Crippen molar-refractivity contribution in [2.45, 2.75) is 0 Å². The monoisotopic (exact) mass is 330 g/mol. The number of benzene rings is 1. The van der Waals surface area contributed by atoms with Crippen LogP contribution in [0, 0.1) is 0 Å². The van der Waals surface area contributed by atoms with Gasteiger partial charge >= 0.3 is 0 Å². The molecule has 7 heteroatoms. The summed E-state index contributed by atoms with van der Waals surface area (Å²) in [6, 6.07) is 5.27. The summed E-state index contributed by atoms with van der Waals surface area (Å²) in [5.74, 6) is 2.12. The molecule has 3 rings (SSSR count). The van der Waals surface area contributed by atoms with Gasteiger partial charge in [-0.25, -0.2) is 4.98 Å². The molecule has 0 N–H and O–H groups in total. The van der Waals surface area contributed by atoms with Crippen molar-refractivity contribution in [2.24, 2.45) is 7.05 Å². The van der Waals surface area contributed by atoms with Crippen LogP contribution in [0.25, 0.3) is 0 Å². The summed E-state index contributed by atoms with van der Waals surface area (Å²) >= 11 is 0. The second kappa shape index (κ2) is 6.82. The van der Waals surface area contributed by atoms with Gasteiger partial charge in [-0.15, -0.1) is 0 Å². The van der Waals surface area contributed by atoms with Crippen LogP contribution in [-0.4, -0.2) is 60.8 Å². The number of hydrogen-bond acceptors (Lipinski definition) is 5. The van der Waals surface area contributed by atoms with Crippen LogP contribution in [-0.2, 0) is 7.05 Å². The van der Waals surface area contributed by atoms with Gasteiger partial charge in [0.05, 0.1) is 19.8 Å². The van der Waals surface area contributed by atoms with Crippen molar-refractivity contribution in [2.75, 3.05) is 45.3 Å². The van der Waals surface area contributed by atoms with E-state index >= 15 is 0 Å². The molecule has 1 aromatic heterocycles. The Bertz CT molecular complexity index is 720. The van der Waals surface area contributed by atoms with E-state index in [0.717, 1.165) is 19.0 Å². The van der Waals surface area contributed by atoms with Crippen molar-refractivity contribution in [3.05, 3.63) is 36.2 Å². The van der Waals surface area contributed by atoms with Gasteiger partial charge in [0.25, 0.3) is 5.91 Å². The topological polar surface area (TPSA) is 59.8 Å². The van der Waals surface area contributed by atoms with E-state index in [-0.39, 0.29) is 5.91 Å². The summed E-state index contributed by atoms with van der Waals surface area (Å²) in [7, 11) is 5.12. The molecule has 1 saturated heterocycles. The lowest BCUT2D eigenvalue weighted by Gasteiger charge is -2.35. The Hall–Kier alpha value is -2.70. The largest absolute Gasteiger partial charge is 0.497 e. The maximum Gasteiger partial charge on any atom is 0.257 e. The minimum atomic E-state index is -0.0195. The number of hydrogen-bond donors (Lipinski definition) is 0. The van der Waals surface area contributed by atoms with E-state index in [1.807, 2.05) is 22.7 Å². The van der Waals surface area contributed by atoms with Crippen LogP contribution in [0.4, 0.5) is 5.95 Å². The summed E-state index contributed by atoms with van der Waals surface area (Å²) < 4.78 is 12.5. The first-order valence-corrected chi connectivity index (χ1v) is 7.87. The molecule has 0 atom stereocenters. The van der Waals surface area contributed by atoms with E-state index in [1.54, 1.807) is 38.6 Å². The number of amides is 1. The van der Waals surface area contributed by atoms with Gasteiger partial charge in [0.1, 0.15) is 11.5 Å². The number of anilines is 1. The molecule has 1 aliphatic rings. The smallest absolute Gasteiger partial charge is 0.257 e. The van der Waals surface area contributed by atoms with Gasteiger partial charge in [-0.3, -0.25) is 4.79 Å².